The third-order valence-electron chi connectivity index (χ3n) is 1.77. The lowest BCUT2D eigenvalue weighted by atomic mass is 10.5. The third kappa shape index (κ3) is 5.95. The normalized spacial score (nSPS) is 15.0. The van der Waals surface area contributed by atoms with E-state index < -0.39 is 29.3 Å². The highest BCUT2D eigenvalue weighted by Gasteiger charge is 2.53. The average molecular weight is 381 g/mol. The van der Waals surface area contributed by atoms with E-state index in [9.17, 15) is 22.5 Å². The molecule has 0 aromatic heterocycles. The lowest BCUT2D eigenvalue weighted by molar-refractivity contribution is -0.173. The van der Waals surface area contributed by atoms with Crippen LogP contribution in [-0.2, 0) is 18.4 Å². The molecule has 0 fully saturated rings. The van der Waals surface area contributed by atoms with E-state index in [0.29, 0.717) is 0 Å². The van der Waals surface area contributed by atoms with Gasteiger partial charge in [0, 0.05) is 0 Å². The fraction of sp³-hybridized carbons (Fsp3) is 0.875. The van der Waals surface area contributed by atoms with Gasteiger partial charge in [-0.1, -0.05) is 34.8 Å². The van der Waals surface area contributed by atoms with E-state index in [2.05, 4.69) is 0 Å². The minimum Gasteiger partial charge on any atom is -0.331 e. The van der Waals surface area contributed by atoms with Crippen molar-refractivity contribution in [2.45, 2.75) is 29.6 Å². The van der Waals surface area contributed by atoms with Crippen LogP contribution in [0.5, 0.6) is 0 Å². The van der Waals surface area contributed by atoms with Crippen molar-refractivity contribution < 1.29 is 31.6 Å². The van der Waals surface area contributed by atoms with Gasteiger partial charge < -0.3 is 14.4 Å². The molecule has 0 saturated heterocycles. The van der Waals surface area contributed by atoms with Gasteiger partial charge in [0.15, 0.2) is 5.78 Å². The molecule has 5 nitrogen and oxygen atoms in total. The summed E-state index contributed by atoms with van der Waals surface area (Å²) >= 11 is 16.4. The van der Waals surface area contributed by atoms with E-state index in [-0.39, 0.29) is 13.2 Å². The first kappa shape index (κ1) is 20.3. The highest BCUT2D eigenvalue weighted by molar-refractivity contribution is 7.55. The second-order valence-corrected chi connectivity index (χ2v) is 7.77. The average Bonchev–Trinajstić information content (AvgIpc) is 2.22. The van der Waals surface area contributed by atoms with Crippen LogP contribution in [0.2, 0.25) is 0 Å². The quantitative estimate of drug-likeness (QED) is 0.565. The molecule has 1 N–H and O–H groups in total. The maximum Gasteiger partial charge on any atom is 0.471 e. The first-order valence-corrected chi connectivity index (χ1v) is 7.96. The Hall–Kier alpha value is 0.280. The number of rotatable bonds is 6. The van der Waals surface area contributed by atoms with Gasteiger partial charge >= 0.3 is 19.7 Å². The zero-order valence-electron chi connectivity index (χ0n) is 10.3. The zero-order valence-corrected chi connectivity index (χ0v) is 13.5. The molecule has 0 aromatic carbocycles. The van der Waals surface area contributed by atoms with E-state index in [0.717, 1.165) is 0 Å². The van der Waals surface area contributed by atoms with E-state index in [1.165, 1.54) is 19.2 Å². The minimum atomic E-state index is -5.24. The summed E-state index contributed by atoms with van der Waals surface area (Å²) in [6.07, 6.45) is -5.24. The molecule has 0 aromatic rings. The Bertz CT molecular complexity index is 378. The summed E-state index contributed by atoms with van der Waals surface area (Å²) < 4.78 is 56.1. The molecule has 0 bridgehead atoms. The molecule has 0 unspecified atom stereocenters. The van der Waals surface area contributed by atoms with Crippen LogP contribution >= 0.6 is 42.4 Å². The van der Waals surface area contributed by atoms with Crippen molar-refractivity contribution in [2.24, 2.45) is 0 Å². The fourth-order valence-corrected chi connectivity index (χ4v) is 4.06. The Morgan fingerprint density at radius 2 is 1.60 bits per heavy atom. The van der Waals surface area contributed by atoms with Crippen molar-refractivity contribution in [1.82, 2.24) is 5.32 Å². The van der Waals surface area contributed by atoms with Crippen LogP contribution in [0.25, 0.3) is 0 Å². The smallest absolute Gasteiger partial charge is 0.331 e. The standard InChI is InChI=1S/C8H12Cl3F3NO4P/c1-3-18-20(17,19-4-2)6(7(9,10)11)15-5(16)8(12,13)14/h6H,3-4H2,1-2H3,(H,15,16)/t6-/m1/s1. The van der Waals surface area contributed by atoms with Gasteiger partial charge in [0.2, 0.25) is 3.79 Å². The molecule has 0 saturated carbocycles. The van der Waals surface area contributed by atoms with Crippen LogP contribution in [0.15, 0.2) is 0 Å². The van der Waals surface area contributed by atoms with Gasteiger partial charge in [0.05, 0.1) is 13.2 Å². The predicted octanol–water partition coefficient (Wildman–Crippen LogP) is 3.63. The number of carbonyl (C=O) groups is 1. The Kier molecular flexibility index (Phi) is 7.62. The number of hydrogen-bond acceptors (Lipinski definition) is 4. The number of halogens is 6. The number of nitrogens with one attached hydrogen (secondary N) is 1. The lowest BCUT2D eigenvalue weighted by Gasteiger charge is -2.31. The molecule has 120 valence electrons. The summed E-state index contributed by atoms with van der Waals surface area (Å²) in [6, 6.07) is 0. The molecule has 20 heavy (non-hydrogen) atoms. The second-order valence-electron chi connectivity index (χ2n) is 3.29. The van der Waals surface area contributed by atoms with Gasteiger partial charge in [-0.3, -0.25) is 9.36 Å². The van der Waals surface area contributed by atoms with Crippen LogP contribution in [0.1, 0.15) is 13.8 Å². The number of amides is 1. The first-order chi connectivity index (χ1) is 8.88. The minimum absolute atomic E-state index is 0.184. The van der Waals surface area contributed by atoms with Crippen molar-refractivity contribution in [3.63, 3.8) is 0 Å². The molecule has 0 aliphatic heterocycles. The summed E-state index contributed by atoms with van der Waals surface area (Å²) in [4.78, 5) is 10.9. The molecular weight excluding hydrogens is 368 g/mol. The van der Waals surface area contributed by atoms with Gasteiger partial charge in [-0.25, -0.2) is 0 Å². The highest BCUT2D eigenvalue weighted by atomic mass is 35.6. The van der Waals surface area contributed by atoms with Crippen LogP contribution < -0.4 is 5.32 Å². The van der Waals surface area contributed by atoms with Crippen molar-refractivity contribution in [1.29, 1.82) is 0 Å². The Morgan fingerprint density at radius 1 is 1.20 bits per heavy atom. The summed E-state index contributed by atoms with van der Waals surface area (Å²) in [5.74, 6) is -4.53. The van der Waals surface area contributed by atoms with Crippen LogP contribution in [0.4, 0.5) is 13.2 Å². The summed E-state index contributed by atoms with van der Waals surface area (Å²) in [5.41, 5.74) is 0. The number of hydrogen-bond donors (Lipinski definition) is 1. The summed E-state index contributed by atoms with van der Waals surface area (Å²) in [6.45, 7) is 2.45. The molecule has 1 amide bonds. The van der Waals surface area contributed by atoms with Crippen molar-refractivity contribution in [3.05, 3.63) is 0 Å². The highest BCUT2D eigenvalue weighted by Crippen LogP contribution is 2.59. The Balaban J connectivity index is 5.45. The van der Waals surface area contributed by atoms with E-state index in [4.69, 9.17) is 43.9 Å². The van der Waals surface area contributed by atoms with Gasteiger partial charge in [-0.05, 0) is 13.8 Å². The third-order valence-corrected chi connectivity index (χ3v) is 5.27. The van der Waals surface area contributed by atoms with E-state index in [1.807, 2.05) is 0 Å². The molecule has 0 rings (SSSR count). The molecule has 0 spiro atoms. The number of alkyl halides is 6. The molecule has 0 heterocycles. The SMILES string of the molecule is CCOP(=O)(OCC)[C@@H](NC(=O)C(F)(F)F)C(Cl)(Cl)Cl. The van der Waals surface area contributed by atoms with E-state index >= 15 is 0 Å². The van der Waals surface area contributed by atoms with Gasteiger partial charge in [-0.15, -0.1) is 0 Å². The lowest BCUT2D eigenvalue weighted by Crippen LogP contribution is -2.49. The zero-order chi connectivity index (χ0) is 16.2. The molecular formula is C8H12Cl3F3NO4P. The van der Waals surface area contributed by atoms with Crippen molar-refractivity contribution in [3.8, 4) is 0 Å². The van der Waals surface area contributed by atoms with Crippen LogP contribution in [-0.4, -0.2) is 34.9 Å². The van der Waals surface area contributed by atoms with Gasteiger partial charge in [0.25, 0.3) is 0 Å². The van der Waals surface area contributed by atoms with E-state index in [1.54, 1.807) is 0 Å². The topological polar surface area (TPSA) is 64.6 Å². The fourth-order valence-electron chi connectivity index (χ4n) is 1.09. The van der Waals surface area contributed by atoms with Gasteiger partial charge in [-0.2, -0.15) is 13.2 Å². The first-order valence-electron chi connectivity index (χ1n) is 5.21. The summed E-state index contributed by atoms with van der Waals surface area (Å²) in [7, 11) is -4.30. The Morgan fingerprint density at radius 3 is 1.85 bits per heavy atom. The van der Waals surface area contributed by atoms with Crippen LogP contribution in [0.3, 0.4) is 0 Å². The molecule has 0 radical (unpaired) electrons. The van der Waals surface area contributed by atoms with Crippen molar-refractivity contribution in [2.75, 3.05) is 13.2 Å². The maximum atomic E-state index is 12.3. The maximum absolute atomic E-state index is 12.3. The Labute approximate surface area is 128 Å². The second kappa shape index (κ2) is 7.51. The molecule has 0 aliphatic carbocycles. The van der Waals surface area contributed by atoms with Gasteiger partial charge in [0.1, 0.15) is 0 Å². The monoisotopic (exact) mass is 379 g/mol. The predicted molar refractivity (Wildman–Crippen MR) is 69.1 cm³/mol. The van der Waals surface area contributed by atoms with Crippen molar-refractivity contribution >= 4 is 48.3 Å². The molecule has 0 aliphatic rings. The summed E-state index contributed by atoms with van der Waals surface area (Å²) in [5, 5.41) is 1.33. The van der Waals surface area contributed by atoms with Crippen LogP contribution in [0, 0.1) is 0 Å². The largest absolute Gasteiger partial charge is 0.471 e. The number of carbonyl (C=O) groups excluding carboxylic acids is 1. The molecule has 1 atom stereocenters. The molecule has 12 heteroatoms.